The summed E-state index contributed by atoms with van der Waals surface area (Å²) in [7, 11) is 0. The number of H-pyrrole nitrogens is 1. The molecule has 28 heavy (non-hydrogen) atoms. The summed E-state index contributed by atoms with van der Waals surface area (Å²) >= 11 is 5.94. The van der Waals surface area contributed by atoms with Gasteiger partial charge in [-0.1, -0.05) is 35.4 Å². The highest BCUT2D eigenvalue weighted by Gasteiger charge is 2.12. The van der Waals surface area contributed by atoms with E-state index >= 15 is 0 Å². The second-order valence-electron chi connectivity index (χ2n) is 6.80. The van der Waals surface area contributed by atoms with Crippen molar-refractivity contribution in [3.05, 3.63) is 75.3 Å². The fourth-order valence-electron chi connectivity index (χ4n) is 3.22. The molecule has 4 aromatic rings. The van der Waals surface area contributed by atoms with Crippen LogP contribution in [0.1, 0.15) is 17.5 Å². The first-order valence-electron chi connectivity index (χ1n) is 9.00. The van der Waals surface area contributed by atoms with Gasteiger partial charge >= 0.3 is 0 Å². The minimum atomic E-state index is -0.179. The number of rotatable bonds is 5. The third kappa shape index (κ3) is 3.64. The Morgan fingerprint density at radius 1 is 1.25 bits per heavy atom. The summed E-state index contributed by atoms with van der Waals surface area (Å²) in [6.45, 7) is 2.66. The summed E-state index contributed by atoms with van der Waals surface area (Å²) in [5.74, 6) is -0.140. The van der Waals surface area contributed by atoms with Crippen molar-refractivity contribution in [2.45, 2.75) is 26.4 Å². The normalized spacial score (nSPS) is 11.2. The molecular formula is C21H19ClN4O2. The maximum Gasteiger partial charge on any atom is 0.277 e. The fourth-order valence-corrected chi connectivity index (χ4v) is 3.43. The van der Waals surface area contributed by atoms with Crippen molar-refractivity contribution < 1.29 is 4.79 Å². The van der Waals surface area contributed by atoms with Crippen LogP contribution in [0.15, 0.2) is 53.6 Å². The Balaban J connectivity index is 1.47. The predicted molar refractivity (Wildman–Crippen MR) is 111 cm³/mol. The second-order valence-corrected chi connectivity index (χ2v) is 7.23. The van der Waals surface area contributed by atoms with Gasteiger partial charge in [0, 0.05) is 35.4 Å². The lowest BCUT2D eigenvalue weighted by Gasteiger charge is -2.07. The van der Waals surface area contributed by atoms with Gasteiger partial charge in [-0.25, -0.2) is 4.98 Å². The fraction of sp³-hybridized carbons (Fsp3) is 0.190. The highest BCUT2D eigenvalue weighted by atomic mass is 35.5. The van der Waals surface area contributed by atoms with Gasteiger partial charge in [-0.2, -0.15) is 0 Å². The molecule has 0 spiro atoms. The molecule has 2 heterocycles. The quantitative estimate of drug-likeness (QED) is 0.543. The van der Waals surface area contributed by atoms with E-state index in [1.54, 1.807) is 6.07 Å². The number of fused-ring (bicyclic) bond motifs is 3. The van der Waals surface area contributed by atoms with Crippen molar-refractivity contribution in [1.29, 1.82) is 0 Å². The van der Waals surface area contributed by atoms with Crippen LogP contribution < -0.4 is 10.9 Å². The van der Waals surface area contributed by atoms with Crippen LogP contribution in [0.5, 0.6) is 0 Å². The van der Waals surface area contributed by atoms with Gasteiger partial charge in [0.25, 0.3) is 5.56 Å². The van der Waals surface area contributed by atoms with Crippen molar-refractivity contribution in [2.75, 3.05) is 0 Å². The number of carbonyl (C=O) groups is 1. The molecule has 0 aliphatic rings. The summed E-state index contributed by atoms with van der Waals surface area (Å²) in [4.78, 5) is 32.5. The summed E-state index contributed by atoms with van der Waals surface area (Å²) in [6.07, 6.45) is 1.69. The van der Waals surface area contributed by atoms with Crippen LogP contribution in [0.4, 0.5) is 0 Å². The third-order valence-electron chi connectivity index (χ3n) is 4.69. The Morgan fingerprint density at radius 3 is 2.93 bits per heavy atom. The third-order valence-corrected chi connectivity index (χ3v) is 4.92. The lowest BCUT2D eigenvalue weighted by Crippen LogP contribution is -2.27. The average molecular weight is 395 g/mol. The number of benzene rings is 2. The van der Waals surface area contributed by atoms with Gasteiger partial charge in [0.1, 0.15) is 11.0 Å². The first-order chi connectivity index (χ1) is 13.5. The van der Waals surface area contributed by atoms with Crippen LogP contribution in [-0.2, 0) is 17.9 Å². The Kier molecular flexibility index (Phi) is 4.88. The lowest BCUT2D eigenvalue weighted by molar-refractivity contribution is -0.121. The Hall–Kier alpha value is -3.12. The number of aryl methyl sites for hydroxylation is 2. The van der Waals surface area contributed by atoms with Gasteiger partial charge < -0.3 is 10.3 Å². The van der Waals surface area contributed by atoms with Gasteiger partial charge in [-0.05, 0) is 36.8 Å². The number of hydrogen-bond acceptors (Lipinski definition) is 3. The van der Waals surface area contributed by atoms with Gasteiger partial charge in [-0.3, -0.25) is 14.2 Å². The maximum atomic E-state index is 12.8. The number of nitrogens with one attached hydrogen (secondary N) is 2. The van der Waals surface area contributed by atoms with Crippen LogP contribution in [0, 0.1) is 6.92 Å². The maximum absolute atomic E-state index is 12.8. The molecule has 0 saturated heterocycles. The Morgan fingerprint density at radius 2 is 2.11 bits per heavy atom. The first-order valence-corrected chi connectivity index (χ1v) is 9.38. The molecule has 2 aromatic carbocycles. The van der Waals surface area contributed by atoms with Gasteiger partial charge in [-0.15, -0.1) is 0 Å². The van der Waals surface area contributed by atoms with Crippen LogP contribution in [0.3, 0.4) is 0 Å². The predicted octanol–water partition coefficient (Wildman–Crippen LogP) is 3.55. The Labute approximate surface area is 166 Å². The number of hydrogen-bond donors (Lipinski definition) is 2. The van der Waals surface area contributed by atoms with Crippen molar-refractivity contribution in [3.8, 4) is 0 Å². The molecule has 6 nitrogen and oxygen atoms in total. The topological polar surface area (TPSA) is 79.8 Å². The van der Waals surface area contributed by atoms with Crippen molar-refractivity contribution in [1.82, 2.24) is 19.9 Å². The van der Waals surface area contributed by atoms with E-state index in [-0.39, 0.29) is 24.4 Å². The molecule has 1 amide bonds. The van der Waals surface area contributed by atoms with E-state index in [0.29, 0.717) is 22.6 Å². The van der Waals surface area contributed by atoms with Crippen molar-refractivity contribution in [3.63, 3.8) is 0 Å². The minimum absolute atomic E-state index is 0.140. The highest BCUT2D eigenvalue weighted by Crippen LogP contribution is 2.22. The van der Waals surface area contributed by atoms with Crippen molar-refractivity contribution >= 4 is 39.4 Å². The summed E-state index contributed by atoms with van der Waals surface area (Å²) in [6, 6.07) is 13.3. The number of nitrogens with zero attached hydrogens (tertiary/aromatic N) is 2. The zero-order valence-electron chi connectivity index (χ0n) is 15.3. The molecule has 7 heteroatoms. The molecule has 2 N–H and O–H groups in total. The SMILES string of the molecule is Cc1ccc2[nH]c3c(=O)n(CCC(=O)NCc4cccc(Cl)c4)cnc3c2c1. The first kappa shape index (κ1) is 18.3. The monoisotopic (exact) mass is 394 g/mol. The largest absolute Gasteiger partial charge is 0.352 e. The molecule has 4 rings (SSSR count). The van der Waals surface area contributed by atoms with Gasteiger partial charge in [0.2, 0.25) is 5.91 Å². The van der Waals surface area contributed by atoms with E-state index in [0.717, 1.165) is 22.0 Å². The zero-order valence-corrected chi connectivity index (χ0v) is 16.1. The van der Waals surface area contributed by atoms with E-state index in [9.17, 15) is 9.59 Å². The van der Waals surface area contributed by atoms with E-state index in [4.69, 9.17) is 11.6 Å². The van der Waals surface area contributed by atoms with Gasteiger partial charge in [0.05, 0.1) is 6.33 Å². The number of amides is 1. The molecule has 142 valence electrons. The number of halogens is 1. The summed E-state index contributed by atoms with van der Waals surface area (Å²) < 4.78 is 1.46. The van der Waals surface area contributed by atoms with Crippen LogP contribution in [-0.4, -0.2) is 20.4 Å². The lowest BCUT2D eigenvalue weighted by atomic mass is 10.2. The Bertz CT molecular complexity index is 1240. The smallest absolute Gasteiger partial charge is 0.277 e. The van der Waals surface area contributed by atoms with E-state index in [1.807, 2.05) is 43.3 Å². The van der Waals surface area contributed by atoms with Crippen molar-refractivity contribution in [2.24, 2.45) is 0 Å². The minimum Gasteiger partial charge on any atom is -0.352 e. The van der Waals surface area contributed by atoms with Crippen LogP contribution >= 0.6 is 11.6 Å². The molecular weight excluding hydrogens is 376 g/mol. The molecule has 0 radical (unpaired) electrons. The molecule has 0 fully saturated rings. The second kappa shape index (κ2) is 7.48. The molecule has 0 aliphatic heterocycles. The average Bonchev–Trinajstić information content (AvgIpc) is 3.05. The van der Waals surface area contributed by atoms with E-state index in [2.05, 4.69) is 15.3 Å². The van der Waals surface area contributed by atoms with Crippen LogP contribution in [0.2, 0.25) is 5.02 Å². The summed E-state index contributed by atoms with van der Waals surface area (Å²) in [5, 5.41) is 4.40. The standard InChI is InChI=1S/C21H19ClN4O2/c1-13-5-6-17-16(9-13)19-20(25-17)21(28)26(12-24-19)8-7-18(27)23-11-14-3-2-4-15(22)10-14/h2-6,9-10,12,25H,7-8,11H2,1H3,(H,23,27). The zero-order chi connectivity index (χ0) is 19.7. The summed E-state index contributed by atoms with van der Waals surface area (Å²) in [5.41, 5.74) is 3.85. The van der Waals surface area contributed by atoms with Gasteiger partial charge in [0.15, 0.2) is 0 Å². The number of aromatic nitrogens is 3. The molecule has 0 aliphatic carbocycles. The highest BCUT2D eigenvalue weighted by molar-refractivity contribution is 6.30. The molecule has 0 unspecified atom stereocenters. The molecule has 0 bridgehead atoms. The molecule has 2 aromatic heterocycles. The molecule has 0 atom stereocenters. The van der Waals surface area contributed by atoms with E-state index < -0.39 is 0 Å². The van der Waals surface area contributed by atoms with Crippen LogP contribution in [0.25, 0.3) is 21.9 Å². The van der Waals surface area contributed by atoms with E-state index in [1.165, 1.54) is 10.9 Å². The number of carbonyl (C=O) groups excluding carboxylic acids is 1. The number of aromatic amines is 1. The molecule has 0 saturated carbocycles.